The highest BCUT2D eigenvalue weighted by Crippen LogP contribution is 2.46. The van der Waals surface area contributed by atoms with Crippen molar-refractivity contribution in [1.29, 1.82) is 0 Å². The van der Waals surface area contributed by atoms with Crippen molar-refractivity contribution in [2.24, 2.45) is 5.92 Å². The summed E-state index contributed by atoms with van der Waals surface area (Å²) in [4.78, 5) is 56.1. The second-order valence-corrected chi connectivity index (χ2v) is 10.7. The molecule has 0 unspecified atom stereocenters. The fraction of sp³-hybridized carbons (Fsp3) is 0.364. The number of alkyl halides is 1. The molecular weight excluding hydrogens is 578 g/mol. The Morgan fingerprint density at radius 2 is 1.59 bits per heavy atom. The molecule has 196 valence electrons. The molecule has 13 nitrogen and oxygen atoms in total. The molecule has 0 aromatic heterocycles. The van der Waals surface area contributed by atoms with Crippen LogP contribution in [0.25, 0.3) is 0 Å². The van der Waals surface area contributed by atoms with Crippen molar-refractivity contribution in [3.8, 4) is 5.75 Å². The maximum atomic E-state index is 12.9. The third kappa shape index (κ3) is 6.22. The van der Waals surface area contributed by atoms with Gasteiger partial charge in [-0.3, -0.25) is 39.9 Å². The van der Waals surface area contributed by atoms with E-state index in [9.17, 15) is 39.9 Å². The summed E-state index contributed by atoms with van der Waals surface area (Å²) < 4.78 is 11.6. The van der Waals surface area contributed by atoms with Crippen molar-refractivity contribution in [3.63, 3.8) is 0 Å². The summed E-state index contributed by atoms with van der Waals surface area (Å²) in [6, 6.07) is 6.59. The van der Waals surface area contributed by atoms with E-state index in [-0.39, 0.29) is 17.0 Å². The highest BCUT2D eigenvalue weighted by molar-refractivity contribution is 9.09. The number of ether oxygens (including phenoxy) is 2. The van der Waals surface area contributed by atoms with Crippen molar-refractivity contribution in [1.82, 2.24) is 0 Å². The number of nitro benzene ring substituents is 3. The predicted molar refractivity (Wildman–Crippen MR) is 135 cm³/mol. The van der Waals surface area contributed by atoms with E-state index in [1.165, 1.54) is 25.1 Å². The molecule has 2 aromatic carbocycles. The van der Waals surface area contributed by atoms with Gasteiger partial charge in [-0.2, -0.15) is 0 Å². The molecule has 0 N–H and O–H groups in total. The fourth-order valence-corrected chi connectivity index (χ4v) is 4.78. The highest BCUT2D eigenvalue weighted by Gasteiger charge is 2.45. The van der Waals surface area contributed by atoms with Crippen LogP contribution in [0.1, 0.15) is 42.8 Å². The smallest absolute Gasteiger partial charge is 0.310 e. The van der Waals surface area contributed by atoms with E-state index in [0.717, 1.165) is 18.2 Å². The van der Waals surface area contributed by atoms with Gasteiger partial charge in [0.15, 0.2) is 0 Å². The number of benzene rings is 2. The highest BCUT2D eigenvalue weighted by atomic mass is 79.9. The average molecular weight is 598 g/mol. The van der Waals surface area contributed by atoms with Crippen molar-refractivity contribution >= 4 is 55.8 Å². The fourth-order valence-electron chi connectivity index (χ4n) is 3.47. The number of non-ortho nitro benzene ring substituents is 3. The molecular formula is C22H20BrN3O10S. The quantitative estimate of drug-likeness (QED) is 0.170. The Hall–Kier alpha value is -3.59. The number of halogens is 1. The Balaban J connectivity index is 1.75. The van der Waals surface area contributed by atoms with E-state index in [2.05, 4.69) is 15.9 Å². The number of carbonyl (C=O) groups is 2. The number of hydrogen-bond donors (Lipinski definition) is 0. The normalized spacial score (nSPS) is 18.6. The van der Waals surface area contributed by atoms with Gasteiger partial charge in [0.25, 0.3) is 17.1 Å². The minimum atomic E-state index is -0.936. The lowest BCUT2D eigenvalue weighted by Gasteiger charge is -2.41. The SMILES string of the molecule is C[C@H](CSC(=O)c1cc([N+](=O)[O-])cc([N+](=O)[O-])c1)C(=O)O[C@H]1c2cc([N+](=O)[O-])ccc2OC(C)(C)[C@@H]1Br. The molecule has 37 heavy (non-hydrogen) atoms. The second-order valence-electron chi connectivity index (χ2n) is 8.70. The first kappa shape index (κ1) is 28.0. The summed E-state index contributed by atoms with van der Waals surface area (Å²) in [5.74, 6) is -1.30. The van der Waals surface area contributed by atoms with Crippen LogP contribution in [0, 0.1) is 36.3 Å². The van der Waals surface area contributed by atoms with Gasteiger partial charge in [-0.15, -0.1) is 0 Å². The first-order valence-corrected chi connectivity index (χ1v) is 12.5. The molecule has 1 heterocycles. The van der Waals surface area contributed by atoms with Gasteiger partial charge >= 0.3 is 5.97 Å². The summed E-state index contributed by atoms with van der Waals surface area (Å²) in [6.45, 7) is 5.02. The zero-order valence-corrected chi connectivity index (χ0v) is 22.0. The van der Waals surface area contributed by atoms with Crippen LogP contribution in [-0.4, -0.2) is 42.0 Å². The number of nitro groups is 3. The Morgan fingerprint density at radius 3 is 2.14 bits per heavy atom. The predicted octanol–water partition coefficient (Wildman–Crippen LogP) is 5.14. The number of carbonyl (C=O) groups excluding carboxylic acids is 2. The number of rotatable bonds is 8. The Labute approximate surface area is 222 Å². The molecule has 15 heteroatoms. The minimum Gasteiger partial charge on any atom is -0.486 e. The van der Waals surface area contributed by atoms with Crippen LogP contribution < -0.4 is 4.74 Å². The lowest BCUT2D eigenvalue weighted by molar-refractivity contribution is -0.394. The average Bonchev–Trinajstić information content (AvgIpc) is 2.83. The molecule has 0 fully saturated rings. The first-order valence-electron chi connectivity index (χ1n) is 10.6. The van der Waals surface area contributed by atoms with Crippen molar-refractivity contribution in [2.75, 3.05) is 5.75 Å². The number of thioether (sulfide) groups is 1. The van der Waals surface area contributed by atoms with E-state index in [1.807, 2.05) is 0 Å². The van der Waals surface area contributed by atoms with Gasteiger partial charge < -0.3 is 9.47 Å². The molecule has 0 saturated heterocycles. The van der Waals surface area contributed by atoms with Gasteiger partial charge in [0, 0.05) is 41.1 Å². The monoisotopic (exact) mass is 597 g/mol. The Morgan fingerprint density at radius 1 is 1.03 bits per heavy atom. The van der Waals surface area contributed by atoms with Crippen molar-refractivity contribution < 1.29 is 33.8 Å². The Kier molecular flexibility index (Phi) is 8.17. The van der Waals surface area contributed by atoms with Gasteiger partial charge in [-0.1, -0.05) is 34.6 Å². The number of fused-ring (bicyclic) bond motifs is 1. The Bertz CT molecular complexity index is 1270. The van der Waals surface area contributed by atoms with Crippen molar-refractivity contribution in [2.45, 2.75) is 37.3 Å². The van der Waals surface area contributed by atoms with Crippen LogP contribution in [0.3, 0.4) is 0 Å². The van der Waals surface area contributed by atoms with Gasteiger partial charge in [0.1, 0.15) is 17.5 Å². The molecule has 3 atom stereocenters. The molecule has 1 aliphatic heterocycles. The third-order valence-corrected chi connectivity index (χ3v) is 8.23. The molecule has 3 rings (SSSR count). The largest absolute Gasteiger partial charge is 0.486 e. The summed E-state index contributed by atoms with van der Waals surface area (Å²) in [5, 5.41) is 32.7. The van der Waals surface area contributed by atoms with E-state index >= 15 is 0 Å². The first-order chi connectivity index (χ1) is 17.2. The molecule has 1 aliphatic rings. The van der Waals surface area contributed by atoms with Gasteiger partial charge in [-0.25, -0.2) is 0 Å². The van der Waals surface area contributed by atoms with Crippen molar-refractivity contribution in [3.05, 3.63) is 77.9 Å². The summed E-state index contributed by atoms with van der Waals surface area (Å²) in [7, 11) is 0. The maximum absolute atomic E-state index is 12.9. The lowest BCUT2D eigenvalue weighted by atomic mass is 9.91. The van der Waals surface area contributed by atoms with Crippen LogP contribution in [0.2, 0.25) is 0 Å². The summed E-state index contributed by atoms with van der Waals surface area (Å²) in [6.07, 6.45) is -0.936. The van der Waals surface area contributed by atoms with E-state index in [4.69, 9.17) is 9.47 Å². The standard InChI is InChI=1S/C22H20BrN3O10S/c1-11(10-37-21(28)12-6-14(25(31)32)8-15(7-12)26(33)34)20(27)35-18-16-9-13(24(29)30)4-5-17(16)36-22(2,3)19(18)23/h4-9,11,18-19H,10H2,1-3H3/t11-,18+,19-/m1/s1. The van der Waals surface area contributed by atoms with E-state index < -0.39 is 59.7 Å². The summed E-state index contributed by atoms with van der Waals surface area (Å²) in [5.41, 5.74) is -2.20. The lowest BCUT2D eigenvalue weighted by Crippen LogP contribution is -2.46. The molecule has 0 amide bonds. The molecule has 0 radical (unpaired) electrons. The minimum absolute atomic E-state index is 0.0878. The molecule has 2 aromatic rings. The van der Waals surface area contributed by atoms with Crippen LogP contribution in [0.5, 0.6) is 5.75 Å². The number of nitrogens with zero attached hydrogens (tertiary/aromatic N) is 3. The third-order valence-electron chi connectivity index (χ3n) is 5.48. The second kappa shape index (κ2) is 10.8. The number of esters is 1. The van der Waals surface area contributed by atoms with E-state index in [1.54, 1.807) is 13.8 Å². The molecule has 0 aliphatic carbocycles. The van der Waals surface area contributed by atoms with E-state index in [0.29, 0.717) is 23.1 Å². The summed E-state index contributed by atoms with van der Waals surface area (Å²) >= 11 is 4.12. The van der Waals surface area contributed by atoms with Crippen LogP contribution in [0.4, 0.5) is 17.1 Å². The van der Waals surface area contributed by atoms with Gasteiger partial charge in [0.05, 0.1) is 31.6 Å². The molecule has 0 saturated carbocycles. The van der Waals surface area contributed by atoms with Gasteiger partial charge in [0.2, 0.25) is 5.12 Å². The number of hydrogen-bond acceptors (Lipinski definition) is 11. The molecule has 0 bridgehead atoms. The van der Waals surface area contributed by atoms with Crippen LogP contribution in [0.15, 0.2) is 36.4 Å². The van der Waals surface area contributed by atoms with Crippen LogP contribution >= 0.6 is 27.7 Å². The zero-order valence-electron chi connectivity index (χ0n) is 19.6. The van der Waals surface area contributed by atoms with Crippen LogP contribution in [-0.2, 0) is 9.53 Å². The van der Waals surface area contributed by atoms with Gasteiger partial charge in [-0.05, 0) is 19.9 Å². The topological polar surface area (TPSA) is 182 Å². The zero-order chi connectivity index (χ0) is 27.7. The molecule has 0 spiro atoms. The maximum Gasteiger partial charge on any atom is 0.310 e.